The Morgan fingerprint density at radius 2 is 1.05 bits per heavy atom. The van der Waals surface area contributed by atoms with Crippen molar-refractivity contribution in [2.45, 2.75) is 0 Å². The standard InChI is InChI=1S/C34H23O3P/c1-2-10-24(11-3-1)18-19-27-14-6-9-17-30(27)35-38-36-31-22-20-25-12-4-7-15-28(25)33(31)34-29-16-8-5-13-26(29)21-23-32(34)37-38/h1-23H/b19-18+. The number of fused-ring (bicyclic) bond motifs is 7. The van der Waals surface area contributed by atoms with E-state index in [0.717, 1.165) is 54.6 Å². The van der Waals surface area contributed by atoms with Crippen molar-refractivity contribution in [1.29, 1.82) is 0 Å². The van der Waals surface area contributed by atoms with Crippen molar-refractivity contribution < 1.29 is 12.9 Å². The van der Waals surface area contributed by atoms with E-state index >= 15 is 0 Å². The van der Waals surface area contributed by atoms with Gasteiger partial charge in [-0.3, -0.25) is 0 Å². The van der Waals surface area contributed by atoms with Gasteiger partial charge in [-0.05, 0) is 45.3 Å². The van der Waals surface area contributed by atoms with E-state index < -0.39 is 8.24 Å². The summed E-state index contributed by atoms with van der Waals surface area (Å²) in [4.78, 5) is 0. The largest absolute Gasteiger partial charge is 0.453 e. The molecule has 0 saturated heterocycles. The van der Waals surface area contributed by atoms with E-state index in [1.807, 2.05) is 54.6 Å². The van der Waals surface area contributed by atoms with Crippen molar-refractivity contribution in [2.24, 2.45) is 0 Å². The van der Waals surface area contributed by atoms with Crippen LogP contribution in [-0.2, 0) is 0 Å². The van der Waals surface area contributed by atoms with Gasteiger partial charge in [0, 0.05) is 16.3 Å². The maximum absolute atomic E-state index is 6.51. The zero-order chi connectivity index (χ0) is 25.3. The van der Waals surface area contributed by atoms with Gasteiger partial charge in [0.15, 0.2) is 0 Å². The van der Waals surface area contributed by atoms with Crippen LogP contribution in [0, 0.1) is 0 Å². The monoisotopic (exact) mass is 510 g/mol. The Balaban J connectivity index is 1.46. The normalized spacial score (nSPS) is 11.6. The number of hydrogen-bond donors (Lipinski definition) is 0. The predicted octanol–water partition coefficient (Wildman–Crippen LogP) is 10.6. The zero-order valence-corrected chi connectivity index (χ0v) is 21.3. The van der Waals surface area contributed by atoms with Crippen LogP contribution in [0.5, 0.6) is 5.75 Å². The predicted molar refractivity (Wildman–Crippen MR) is 159 cm³/mol. The van der Waals surface area contributed by atoms with Gasteiger partial charge in [-0.25, -0.2) is 0 Å². The molecule has 0 amide bonds. The Hall–Kier alpha value is -4.72. The van der Waals surface area contributed by atoms with Crippen molar-refractivity contribution in [1.82, 2.24) is 0 Å². The summed E-state index contributed by atoms with van der Waals surface area (Å²) in [6.07, 6.45) is 4.13. The van der Waals surface area contributed by atoms with Gasteiger partial charge in [0.1, 0.15) is 16.9 Å². The van der Waals surface area contributed by atoms with Crippen LogP contribution in [0.15, 0.2) is 136 Å². The van der Waals surface area contributed by atoms with Crippen LogP contribution in [-0.4, -0.2) is 0 Å². The second-order valence-corrected chi connectivity index (χ2v) is 10.1. The van der Waals surface area contributed by atoms with Crippen LogP contribution in [0.1, 0.15) is 11.1 Å². The minimum Gasteiger partial charge on any atom is -0.390 e. The average Bonchev–Trinajstić information content (AvgIpc) is 3.14. The van der Waals surface area contributed by atoms with E-state index in [9.17, 15) is 0 Å². The molecular formula is C34H23O3P. The number of para-hydroxylation sites is 1. The Kier molecular flexibility index (Phi) is 5.69. The summed E-state index contributed by atoms with van der Waals surface area (Å²) in [6.45, 7) is 0. The lowest BCUT2D eigenvalue weighted by Crippen LogP contribution is -1.83. The highest BCUT2D eigenvalue weighted by Crippen LogP contribution is 2.42. The molecule has 1 aromatic heterocycles. The van der Waals surface area contributed by atoms with Gasteiger partial charge in [-0.2, -0.15) is 0 Å². The molecule has 4 heteroatoms. The van der Waals surface area contributed by atoms with Crippen molar-refractivity contribution in [3.63, 3.8) is 0 Å². The second-order valence-electron chi connectivity index (χ2n) is 9.10. The molecule has 0 unspecified atom stereocenters. The Labute approximate surface area is 220 Å². The molecule has 3 nitrogen and oxygen atoms in total. The molecular weight excluding hydrogens is 487 g/mol. The van der Waals surface area contributed by atoms with Gasteiger partial charge in [0.2, 0.25) is 0 Å². The second kappa shape index (κ2) is 9.63. The Morgan fingerprint density at radius 3 is 1.71 bits per heavy atom. The molecule has 0 atom stereocenters. The zero-order valence-electron chi connectivity index (χ0n) is 20.5. The van der Waals surface area contributed by atoms with Gasteiger partial charge in [-0.1, -0.05) is 121 Å². The van der Waals surface area contributed by atoms with Gasteiger partial charge in [0.05, 0.1) is 0 Å². The molecule has 38 heavy (non-hydrogen) atoms. The van der Waals surface area contributed by atoms with Crippen molar-refractivity contribution >= 4 is 63.9 Å². The quantitative estimate of drug-likeness (QED) is 0.221. The molecule has 0 saturated carbocycles. The van der Waals surface area contributed by atoms with Crippen LogP contribution in [0.3, 0.4) is 0 Å². The van der Waals surface area contributed by atoms with E-state index in [-0.39, 0.29) is 0 Å². The lowest BCUT2D eigenvalue weighted by Gasteiger charge is -2.05. The molecule has 0 aliphatic heterocycles. The van der Waals surface area contributed by atoms with Gasteiger partial charge in [-0.15, -0.1) is 0 Å². The molecule has 0 spiro atoms. The first kappa shape index (κ1) is 22.5. The third-order valence-electron chi connectivity index (χ3n) is 6.72. The molecule has 0 aliphatic carbocycles. The van der Waals surface area contributed by atoms with E-state index in [0.29, 0.717) is 5.75 Å². The van der Waals surface area contributed by atoms with E-state index in [2.05, 4.69) is 84.9 Å². The Morgan fingerprint density at radius 1 is 0.500 bits per heavy atom. The van der Waals surface area contributed by atoms with Crippen LogP contribution < -0.4 is 4.52 Å². The number of rotatable bonds is 4. The molecule has 0 fully saturated rings. The molecule has 0 radical (unpaired) electrons. The van der Waals surface area contributed by atoms with Crippen LogP contribution in [0.4, 0.5) is 0 Å². The summed E-state index contributed by atoms with van der Waals surface area (Å²) >= 11 is 0. The van der Waals surface area contributed by atoms with E-state index in [1.54, 1.807) is 0 Å². The maximum Gasteiger partial charge on any atom is 0.453 e. The first-order valence-electron chi connectivity index (χ1n) is 12.5. The summed E-state index contributed by atoms with van der Waals surface area (Å²) in [5.74, 6) is 0.706. The maximum atomic E-state index is 6.51. The average molecular weight is 511 g/mol. The topological polar surface area (TPSA) is 35.5 Å². The third-order valence-corrected chi connectivity index (χ3v) is 7.76. The highest BCUT2D eigenvalue weighted by Gasteiger charge is 2.14. The van der Waals surface area contributed by atoms with Crippen LogP contribution in [0.2, 0.25) is 0 Å². The van der Waals surface area contributed by atoms with E-state index in [4.69, 9.17) is 12.9 Å². The van der Waals surface area contributed by atoms with Crippen molar-refractivity contribution in [3.05, 3.63) is 139 Å². The van der Waals surface area contributed by atoms with E-state index in [1.165, 1.54) is 0 Å². The lowest BCUT2D eigenvalue weighted by molar-refractivity contribution is 0.497. The highest BCUT2D eigenvalue weighted by atomic mass is 31.1. The summed E-state index contributed by atoms with van der Waals surface area (Å²) in [7, 11) is -1.77. The van der Waals surface area contributed by atoms with Gasteiger partial charge < -0.3 is 12.9 Å². The fourth-order valence-electron chi connectivity index (χ4n) is 4.92. The fraction of sp³-hybridized carbons (Fsp3) is 0. The summed E-state index contributed by atoms with van der Waals surface area (Å²) < 4.78 is 19.5. The van der Waals surface area contributed by atoms with Gasteiger partial charge in [0.25, 0.3) is 0 Å². The van der Waals surface area contributed by atoms with Gasteiger partial charge >= 0.3 is 8.24 Å². The molecule has 6 aromatic carbocycles. The lowest BCUT2D eigenvalue weighted by atomic mass is 9.99. The molecule has 1 heterocycles. The number of benzene rings is 6. The van der Waals surface area contributed by atoms with Crippen LogP contribution in [0.25, 0.3) is 55.6 Å². The summed E-state index contributed by atoms with van der Waals surface area (Å²) in [5, 5.41) is 6.60. The first-order valence-corrected chi connectivity index (χ1v) is 13.6. The van der Waals surface area contributed by atoms with Crippen LogP contribution >= 0.6 is 8.24 Å². The smallest absolute Gasteiger partial charge is 0.390 e. The first-order chi connectivity index (χ1) is 18.8. The minimum absolute atomic E-state index is 0.706. The third kappa shape index (κ3) is 4.14. The van der Waals surface area contributed by atoms with Crippen molar-refractivity contribution in [2.75, 3.05) is 0 Å². The fourth-order valence-corrected chi connectivity index (χ4v) is 5.98. The minimum atomic E-state index is -1.77. The molecule has 0 aliphatic rings. The summed E-state index contributed by atoms with van der Waals surface area (Å²) in [6, 6.07) is 43.2. The Bertz CT molecular complexity index is 1910. The summed E-state index contributed by atoms with van der Waals surface area (Å²) in [5.41, 5.74) is 3.58. The number of hydrogen-bond acceptors (Lipinski definition) is 3. The SMILES string of the molecule is C(=C\c1ccccc1Op1oc2ccc3ccccc3c2c2c(ccc3ccccc32)o1)/c1ccccc1. The molecule has 0 bridgehead atoms. The molecule has 182 valence electrons. The van der Waals surface area contributed by atoms with Crippen molar-refractivity contribution in [3.8, 4) is 5.75 Å². The molecule has 7 aromatic rings. The molecule has 0 N–H and O–H groups in total. The highest BCUT2D eigenvalue weighted by molar-refractivity contribution is 7.32. The molecule has 7 rings (SSSR count).